The highest BCUT2D eigenvalue weighted by Crippen LogP contribution is 2.33. The Morgan fingerprint density at radius 2 is 2.00 bits per heavy atom. The number of anilines is 2. The van der Waals surface area contributed by atoms with Crippen LogP contribution in [-0.4, -0.2) is 15.5 Å². The Labute approximate surface area is 104 Å². The third-order valence-electron chi connectivity index (χ3n) is 3.19. The van der Waals surface area contributed by atoms with Crippen LogP contribution in [0.25, 0.3) is 0 Å². The first-order valence-electron chi connectivity index (χ1n) is 5.65. The third-order valence-corrected chi connectivity index (χ3v) is 3.98. The van der Waals surface area contributed by atoms with Gasteiger partial charge in [0.15, 0.2) is 0 Å². The lowest BCUT2D eigenvalue weighted by Gasteiger charge is -2.35. The van der Waals surface area contributed by atoms with Gasteiger partial charge in [0.1, 0.15) is 22.4 Å². The van der Waals surface area contributed by atoms with Crippen LogP contribution in [0.3, 0.4) is 0 Å². The fourth-order valence-electron chi connectivity index (χ4n) is 2.21. The van der Waals surface area contributed by atoms with E-state index in [9.17, 15) is 0 Å². The summed E-state index contributed by atoms with van der Waals surface area (Å²) in [6.07, 6.45) is 7.76. The first-order valence-corrected chi connectivity index (χ1v) is 6.44. The van der Waals surface area contributed by atoms with Gasteiger partial charge in [-0.25, -0.2) is 9.97 Å². The summed E-state index contributed by atoms with van der Waals surface area (Å²) in [6.45, 7) is 2.25. The molecule has 1 heterocycles. The van der Waals surface area contributed by atoms with Crippen LogP contribution in [0.15, 0.2) is 10.8 Å². The van der Waals surface area contributed by atoms with Crippen molar-refractivity contribution in [2.24, 2.45) is 0 Å². The van der Waals surface area contributed by atoms with Crippen molar-refractivity contribution in [3.05, 3.63) is 10.8 Å². The highest BCUT2D eigenvalue weighted by atomic mass is 79.9. The minimum atomic E-state index is 0.140. The molecule has 1 aliphatic rings. The fraction of sp³-hybridized carbons (Fsp3) is 0.636. The Kier molecular flexibility index (Phi) is 3.33. The first kappa shape index (κ1) is 11.6. The number of hydrogen-bond acceptors (Lipinski definition) is 4. The standard InChI is InChI=1S/C11H17BrN4/c1-11(5-3-2-4-6-11)16-10-8(12)9(13)14-7-15-10/h7H,2-6H2,1H3,(H3,13,14,15,16). The normalized spacial score (nSPS) is 19.4. The number of rotatable bonds is 2. The summed E-state index contributed by atoms with van der Waals surface area (Å²) >= 11 is 3.42. The van der Waals surface area contributed by atoms with Crippen LogP contribution in [0.2, 0.25) is 0 Å². The molecule has 0 saturated heterocycles. The molecule has 4 nitrogen and oxygen atoms in total. The lowest BCUT2D eigenvalue weighted by atomic mass is 9.83. The van der Waals surface area contributed by atoms with Gasteiger partial charge < -0.3 is 11.1 Å². The average molecular weight is 285 g/mol. The fourth-order valence-corrected chi connectivity index (χ4v) is 2.52. The second-order valence-electron chi connectivity index (χ2n) is 4.67. The number of nitrogen functional groups attached to an aromatic ring is 1. The van der Waals surface area contributed by atoms with Crippen molar-refractivity contribution in [2.45, 2.75) is 44.6 Å². The van der Waals surface area contributed by atoms with Crippen LogP contribution in [0, 0.1) is 0 Å². The van der Waals surface area contributed by atoms with Crippen LogP contribution in [0.4, 0.5) is 11.6 Å². The molecule has 0 spiro atoms. The van der Waals surface area contributed by atoms with Crippen LogP contribution in [-0.2, 0) is 0 Å². The molecule has 1 aliphatic carbocycles. The first-order chi connectivity index (χ1) is 7.61. The quantitative estimate of drug-likeness (QED) is 0.877. The molecule has 0 radical (unpaired) electrons. The summed E-state index contributed by atoms with van der Waals surface area (Å²) < 4.78 is 0.766. The SMILES string of the molecule is CC1(Nc2ncnc(N)c2Br)CCCCC1. The van der Waals surface area contributed by atoms with Crippen molar-refractivity contribution in [1.82, 2.24) is 9.97 Å². The molecule has 0 aromatic carbocycles. The minimum Gasteiger partial charge on any atom is -0.383 e. The summed E-state index contributed by atoms with van der Waals surface area (Å²) in [4.78, 5) is 8.16. The van der Waals surface area contributed by atoms with Crippen molar-refractivity contribution in [3.63, 3.8) is 0 Å². The number of halogens is 1. The second-order valence-corrected chi connectivity index (χ2v) is 5.46. The maximum absolute atomic E-state index is 5.73. The van der Waals surface area contributed by atoms with E-state index < -0.39 is 0 Å². The van der Waals surface area contributed by atoms with Gasteiger partial charge in [0.25, 0.3) is 0 Å². The van der Waals surface area contributed by atoms with Crippen molar-refractivity contribution in [1.29, 1.82) is 0 Å². The van der Waals surface area contributed by atoms with E-state index in [-0.39, 0.29) is 5.54 Å². The molecule has 0 atom stereocenters. The maximum Gasteiger partial charge on any atom is 0.146 e. The van der Waals surface area contributed by atoms with E-state index in [0.717, 1.165) is 10.3 Å². The summed E-state index contributed by atoms with van der Waals surface area (Å²) in [5, 5.41) is 3.49. The van der Waals surface area contributed by atoms with E-state index in [0.29, 0.717) is 5.82 Å². The predicted molar refractivity (Wildman–Crippen MR) is 69.3 cm³/mol. The maximum atomic E-state index is 5.73. The van der Waals surface area contributed by atoms with E-state index in [1.165, 1.54) is 38.4 Å². The van der Waals surface area contributed by atoms with Gasteiger partial charge in [-0.3, -0.25) is 0 Å². The van der Waals surface area contributed by atoms with Gasteiger partial charge in [-0.05, 0) is 35.7 Å². The number of nitrogens with zero attached hydrogens (tertiary/aromatic N) is 2. The van der Waals surface area contributed by atoms with Gasteiger partial charge in [-0.2, -0.15) is 0 Å². The smallest absolute Gasteiger partial charge is 0.146 e. The van der Waals surface area contributed by atoms with E-state index >= 15 is 0 Å². The Hall–Kier alpha value is -0.840. The molecule has 0 bridgehead atoms. The largest absolute Gasteiger partial charge is 0.383 e. The molecule has 1 fully saturated rings. The van der Waals surface area contributed by atoms with Crippen LogP contribution in [0.1, 0.15) is 39.0 Å². The molecule has 1 aromatic heterocycles. The van der Waals surface area contributed by atoms with Gasteiger partial charge in [0.2, 0.25) is 0 Å². The molecular weight excluding hydrogens is 268 g/mol. The number of nitrogens with one attached hydrogen (secondary N) is 1. The van der Waals surface area contributed by atoms with Gasteiger partial charge in [-0.1, -0.05) is 19.3 Å². The van der Waals surface area contributed by atoms with Gasteiger partial charge in [0.05, 0.1) is 0 Å². The second kappa shape index (κ2) is 4.57. The van der Waals surface area contributed by atoms with Gasteiger partial charge in [-0.15, -0.1) is 0 Å². The molecule has 88 valence electrons. The highest BCUT2D eigenvalue weighted by molar-refractivity contribution is 9.10. The monoisotopic (exact) mass is 284 g/mol. The average Bonchev–Trinajstić information content (AvgIpc) is 2.26. The zero-order valence-corrected chi connectivity index (χ0v) is 11.0. The Bertz CT molecular complexity index is 374. The minimum absolute atomic E-state index is 0.140. The molecule has 1 aromatic rings. The lowest BCUT2D eigenvalue weighted by Crippen LogP contribution is -2.37. The molecule has 0 unspecified atom stereocenters. The van der Waals surface area contributed by atoms with Gasteiger partial charge >= 0.3 is 0 Å². The number of aromatic nitrogens is 2. The molecule has 16 heavy (non-hydrogen) atoms. The van der Waals surface area contributed by atoms with Crippen molar-refractivity contribution in [2.75, 3.05) is 11.1 Å². The molecule has 5 heteroatoms. The Morgan fingerprint density at radius 1 is 1.31 bits per heavy atom. The summed E-state index contributed by atoms with van der Waals surface area (Å²) in [5.41, 5.74) is 5.87. The van der Waals surface area contributed by atoms with E-state index in [1.807, 2.05) is 0 Å². The van der Waals surface area contributed by atoms with Crippen LogP contribution < -0.4 is 11.1 Å². The lowest BCUT2D eigenvalue weighted by molar-refractivity contribution is 0.348. The van der Waals surface area contributed by atoms with Crippen molar-refractivity contribution < 1.29 is 0 Å². The number of nitrogens with two attached hydrogens (primary N) is 1. The molecule has 2 rings (SSSR count). The van der Waals surface area contributed by atoms with E-state index in [2.05, 4.69) is 38.1 Å². The van der Waals surface area contributed by atoms with Gasteiger partial charge in [0, 0.05) is 5.54 Å². The molecule has 3 N–H and O–H groups in total. The van der Waals surface area contributed by atoms with Crippen molar-refractivity contribution in [3.8, 4) is 0 Å². The topological polar surface area (TPSA) is 63.8 Å². The van der Waals surface area contributed by atoms with E-state index in [4.69, 9.17) is 5.73 Å². The Morgan fingerprint density at radius 3 is 2.69 bits per heavy atom. The zero-order valence-electron chi connectivity index (χ0n) is 9.46. The summed E-state index contributed by atoms with van der Waals surface area (Å²) in [6, 6.07) is 0. The zero-order chi connectivity index (χ0) is 11.6. The molecule has 0 amide bonds. The summed E-state index contributed by atoms with van der Waals surface area (Å²) in [7, 11) is 0. The highest BCUT2D eigenvalue weighted by Gasteiger charge is 2.27. The van der Waals surface area contributed by atoms with Crippen molar-refractivity contribution >= 4 is 27.6 Å². The number of hydrogen-bond donors (Lipinski definition) is 2. The predicted octanol–water partition coefficient (Wildman–Crippen LogP) is 2.96. The van der Waals surface area contributed by atoms with Crippen LogP contribution in [0.5, 0.6) is 0 Å². The third kappa shape index (κ3) is 2.45. The summed E-state index contributed by atoms with van der Waals surface area (Å²) in [5.74, 6) is 1.29. The molecule has 0 aliphatic heterocycles. The molecular formula is C11H17BrN4. The Balaban J connectivity index is 2.16. The van der Waals surface area contributed by atoms with Crippen LogP contribution >= 0.6 is 15.9 Å². The van der Waals surface area contributed by atoms with E-state index in [1.54, 1.807) is 0 Å². The molecule has 1 saturated carbocycles.